The number of piperidine rings is 1. The molecule has 3 aromatic carbocycles. The number of ether oxygens (including phenoxy) is 1. The van der Waals surface area contributed by atoms with Gasteiger partial charge in [-0.2, -0.15) is 0 Å². The Balaban J connectivity index is 0.806. The number of carbonyl (C=O) groups excluding carboxylic acids is 7. The van der Waals surface area contributed by atoms with Gasteiger partial charge < -0.3 is 25.1 Å². The quantitative estimate of drug-likeness (QED) is 0.0534. The number of rotatable bonds is 17. The zero-order valence-electron chi connectivity index (χ0n) is 34.1. The summed E-state index contributed by atoms with van der Waals surface area (Å²) in [6, 6.07) is 14.6. The second-order valence-corrected chi connectivity index (χ2v) is 15.0. The van der Waals surface area contributed by atoms with Gasteiger partial charge in [-0.25, -0.2) is 19.2 Å². The van der Waals surface area contributed by atoms with Crippen LogP contribution in [0.3, 0.4) is 0 Å². The number of aryl methyl sites for hydroxylation is 1. The van der Waals surface area contributed by atoms with Gasteiger partial charge in [0.25, 0.3) is 11.8 Å². The zero-order valence-corrected chi connectivity index (χ0v) is 34.1. The van der Waals surface area contributed by atoms with Crippen molar-refractivity contribution < 1.29 is 47.1 Å². The summed E-state index contributed by atoms with van der Waals surface area (Å²) in [6.45, 7) is 2.10. The number of fused-ring (bicyclic) bond motifs is 2. The van der Waals surface area contributed by atoms with Gasteiger partial charge in [0.1, 0.15) is 23.2 Å². The molecule has 4 N–H and O–H groups in total. The minimum Gasteiger partial charge on any atom is -0.424 e. The lowest BCUT2D eigenvalue weighted by Gasteiger charge is -2.27. The van der Waals surface area contributed by atoms with Crippen LogP contribution in [0.1, 0.15) is 95.2 Å². The first-order valence-corrected chi connectivity index (χ1v) is 20.4. The highest BCUT2D eigenvalue weighted by Gasteiger charge is 2.45. The summed E-state index contributed by atoms with van der Waals surface area (Å²) in [7, 11) is 0. The summed E-state index contributed by atoms with van der Waals surface area (Å²) in [5.74, 6) is -4.27. The minimum absolute atomic E-state index is 0.00479. The standard InChI is InChI=1S/C45H42FN7O10/c1-25-28-15-14-27(62-45-48-21-8-22-49-45)24-34(28)63-44(61)30(25)23-26-9-6-12-32(40(26)46)51-36(55)13-4-2-3-5-20-47-35(54)18-19-37(56)50-31-11-7-10-29-39(31)43(60)53(42(29)59)33-16-17-38(57)52-41(33)58/h6-12,14-15,21-22,24,33H,2-5,13,16-20,23H2,1H3,(H,47,54)(H,50,56)(H,51,55)(H,52,57,58). The summed E-state index contributed by atoms with van der Waals surface area (Å²) < 4.78 is 26.9. The molecule has 0 bridgehead atoms. The molecule has 5 aromatic rings. The molecule has 2 aliphatic rings. The Morgan fingerprint density at radius 1 is 0.841 bits per heavy atom. The van der Waals surface area contributed by atoms with Crippen LogP contribution in [0.2, 0.25) is 0 Å². The van der Waals surface area contributed by atoms with Crippen molar-refractivity contribution in [1.29, 1.82) is 0 Å². The first-order chi connectivity index (χ1) is 30.4. The normalized spacial score (nSPS) is 14.6. The van der Waals surface area contributed by atoms with E-state index < -0.39 is 47.0 Å². The Hall–Kier alpha value is -7.63. The molecular weight excluding hydrogens is 818 g/mol. The Kier molecular flexibility index (Phi) is 13.4. The fourth-order valence-corrected chi connectivity index (χ4v) is 7.44. The van der Waals surface area contributed by atoms with Crippen molar-refractivity contribution in [3.8, 4) is 11.8 Å². The predicted molar refractivity (Wildman–Crippen MR) is 224 cm³/mol. The van der Waals surface area contributed by atoms with Gasteiger partial charge in [-0.1, -0.05) is 31.0 Å². The molecule has 0 aliphatic carbocycles. The van der Waals surface area contributed by atoms with Crippen LogP contribution in [0.4, 0.5) is 15.8 Å². The molecule has 1 atom stereocenters. The summed E-state index contributed by atoms with van der Waals surface area (Å²) in [6.07, 6.45) is 5.29. The lowest BCUT2D eigenvalue weighted by Crippen LogP contribution is -2.54. The Morgan fingerprint density at radius 3 is 2.35 bits per heavy atom. The molecule has 2 aliphatic heterocycles. The van der Waals surface area contributed by atoms with Crippen molar-refractivity contribution >= 4 is 63.7 Å². The minimum atomic E-state index is -1.15. The average molecular weight is 860 g/mol. The van der Waals surface area contributed by atoms with Gasteiger partial charge in [-0.3, -0.25) is 43.8 Å². The van der Waals surface area contributed by atoms with E-state index in [9.17, 15) is 38.4 Å². The van der Waals surface area contributed by atoms with Gasteiger partial charge in [0.15, 0.2) is 0 Å². The molecular formula is C45H42FN7O10. The number of carbonyl (C=O) groups is 7. The average Bonchev–Trinajstić information content (AvgIpc) is 3.51. The molecule has 0 radical (unpaired) electrons. The van der Waals surface area contributed by atoms with Gasteiger partial charge in [-0.05, 0) is 73.7 Å². The molecule has 0 saturated carbocycles. The number of amides is 7. The Bertz CT molecular complexity index is 2700. The SMILES string of the molecule is Cc1c(Cc2cccc(NC(=O)CCCCCCNC(=O)CCC(=O)Nc3cccc4c3C(=O)N(C3CCC(=O)NC3=O)C4=O)c2F)c(=O)oc2cc(Oc3ncccn3)ccc12. The third-order valence-corrected chi connectivity index (χ3v) is 10.7. The van der Waals surface area contributed by atoms with E-state index in [4.69, 9.17) is 9.15 Å². The van der Waals surface area contributed by atoms with Gasteiger partial charge in [-0.15, -0.1) is 0 Å². The molecule has 63 heavy (non-hydrogen) atoms. The maximum absolute atomic E-state index is 15.6. The number of benzene rings is 3. The highest BCUT2D eigenvalue weighted by atomic mass is 19.1. The van der Waals surface area contributed by atoms with Crippen molar-refractivity contribution in [3.63, 3.8) is 0 Å². The molecule has 324 valence electrons. The molecule has 7 amide bonds. The van der Waals surface area contributed by atoms with Crippen molar-refractivity contribution in [2.75, 3.05) is 17.2 Å². The van der Waals surface area contributed by atoms with Gasteiger partial charge in [0.2, 0.25) is 29.5 Å². The van der Waals surface area contributed by atoms with E-state index in [0.717, 1.165) is 4.90 Å². The van der Waals surface area contributed by atoms with Crippen LogP contribution in [0, 0.1) is 12.7 Å². The van der Waals surface area contributed by atoms with E-state index in [0.29, 0.717) is 48.9 Å². The molecule has 1 saturated heterocycles. The molecule has 0 spiro atoms. The number of halogens is 1. The van der Waals surface area contributed by atoms with Crippen molar-refractivity contribution in [3.05, 3.63) is 117 Å². The summed E-state index contributed by atoms with van der Waals surface area (Å²) in [4.78, 5) is 110. The number of nitrogens with one attached hydrogen (secondary N) is 4. The van der Waals surface area contributed by atoms with Crippen LogP contribution in [-0.2, 0) is 30.4 Å². The highest BCUT2D eigenvalue weighted by Crippen LogP contribution is 2.33. The lowest BCUT2D eigenvalue weighted by atomic mass is 9.99. The summed E-state index contributed by atoms with van der Waals surface area (Å²) in [5, 5.41) is 10.7. The zero-order chi connectivity index (χ0) is 44.6. The number of imide groups is 2. The van der Waals surface area contributed by atoms with Crippen LogP contribution in [0.25, 0.3) is 11.0 Å². The maximum Gasteiger partial charge on any atom is 0.340 e. The Labute approximate surface area is 358 Å². The van der Waals surface area contributed by atoms with Crippen LogP contribution < -0.4 is 31.6 Å². The highest BCUT2D eigenvalue weighted by molar-refractivity contribution is 6.26. The fourth-order valence-electron chi connectivity index (χ4n) is 7.44. The van der Waals surface area contributed by atoms with E-state index in [2.05, 4.69) is 31.2 Å². The van der Waals surface area contributed by atoms with E-state index in [-0.39, 0.29) is 95.6 Å². The summed E-state index contributed by atoms with van der Waals surface area (Å²) in [5.41, 5.74) is 0.792. The second kappa shape index (κ2) is 19.4. The third-order valence-electron chi connectivity index (χ3n) is 10.7. The van der Waals surface area contributed by atoms with Crippen LogP contribution in [0.15, 0.2) is 82.3 Å². The fraction of sp³-hybridized carbons (Fsp3) is 0.289. The largest absolute Gasteiger partial charge is 0.424 e. The monoisotopic (exact) mass is 859 g/mol. The van der Waals surface area contributed by atoms with Crippen molar-refractivity contribution in [2.24, 2.45) is 0 Å². The predicted octanol–water partition coefficient (Wildman–Crippen LogP) is 5.24. The second-order valence-electron chi connectivity index (χ2n) is 15.0. The van der Waals surface area contributed by atoms with E-state index in [1.54, 1.807) is 43.3 Å². The van der Waals surface area contributed by atoms with Gasteiger partial charge >= 0.3 is 11.6 Å². The third kappa shape index (κ3) is 10.1. The maximum atomic E-state index is 15.6. The number of hydrogen-bond acceptors (Lipinski definition) is 12. The van der Waals surface area contributed by atoms with Crippen molar-refractivity contribution in [1.82, 2.24) is 25.5 Å². The Morgan fingerprint density at radius 2 is 1.56 bits per heavy atom. The number of hydrogen-bond donors (Lipinski definition) is 4. The number of aromatic nitrogens is 2. The molecule has 18 heteroatoms. The number of nitrogens with zero attached hydrogens (tertiary/aromatic N) is 3. The summed E-state index contributed by atoms with van der Waals surface area (Å²) >= 11 is 0. The molecule has 1 fully saturated rings. The molecule has 1 unspecified atom stereocenters. The topological polar surface area (TPSA) is 236 Å². The number of unbranched alkanes of at least 4 members (excludes halogenated alkanes) is 3. The number of anilines is 2. The van der Waals surface area contributed by atoms with E-state index in [1.165, 1.54) is 36.7 Å². The van der Waals surface area contributed by atoms with E-state index >= 15 is 4.39 Å². The van der Waals surface area contributed by atoms with Crippen molar-refractivity contribution in [2.45, 2.75) is 77.2 Å². The van der Waals surface area contributed by atoms with Crippen LogP contribution in [0.5, 0.6) is 11.8 Å². The molecule has 2 aromatic heterocycles. The molecule has 4 heterocycles. The molecule has 7 rings (SSSR count). The smallest absolute Gasteiger partial charge is 0.340 e. The van der Waals surface area contributed by atoms with Gasteiger partial charge in [0, 0.05) is 68.1 Å². The molecule has 17 nitrogen and oxygen atoms in total. The van der Waals surface area contributed by atoms with Crippen LogP contribution >= 0.6 is 0 Å². The van der Waals surface area contributed by atoms with Gasteiger partial charge in [0.05, 0.1) is 22.5 Å². The van der Waals surface area contributed by atoms with Crippen LogP contribution in [-0.4, -0.2) is 68.8 Å². The van der Waals surface area contributed by atoms with E-state index in [1.807, 2.05) is 0 Å². The lowest BCUT2D eigenvalue weighted by molar-refractivity contribution is -0.136. The first-order valence-electron chi connectivity index (χ1n) is 20.4. The first kappa shape index (κ1) is 43.5.